The molecule has 2 radical (unpaired) electrons. The Hall–Kier alpha value is -0.925. The number of carbonyl (C=O) groups excluding carboxylic acids is 1. The van der Waals surface area contributed by atoms with Crippen LogP contribution in [0.25, 0.3) is 0 Å². The second kappa shape index (κ2) is 3.13. The third kappa shape index (κ3) is 1.68. The van der Waals surface area contributed by atoms with Crippen LogP contribution in [0.1, 0.15) is 0 Å². The first-order valence-corrected chi connectivity index (χ1v) is 2.11. The predicted molar refractivity (Wildman–Crippen MR) is 32.1 cm³/mol. The van der Waals surface area contributed by atoms with Crippen molar-refractivity contribution in [1.82, 2.24) is 5.32 Å². The van der Waals surface area contributed by atoms with E-state index in [1.54, 1.807) is 0 Å². The lowest BCUT2D eigenvalue weighted by atomic mass is 10.1. The van der Waals surface area contributed by atoms with Crippen molar-refractivity contribution in [3.8, 4) is 0 Å². The molecule has 0 aliphatic heterocycles. The van der Waals surface area contributed by atoms with Crippen LogP contribution in [0.15, 0.2) is 11.7 Å². The maximum Gasteiger partial charge on any atom is 0.265 e. The van der Waals surface area contributed by atoms with E-state index in [0.29, 0.717) is 0 Å². The van der Waals surface area contributed by atoms with Crippen molar-refractivity contribution in [2.75, 3.05) is 7.05 Å². The number of hydrogen-bond donors (Lipinski definition) is 2. The Balaban J connectivity index is 3.83. The van der Waals surface area contributed by atoms with E-state index < -0.39 is 0 Å². The van der Waals surface area contributed by atoms with Gasteiger partial charge in [0.1, 0.15) is 7.85 Å². The molecule has 0 heterocycles. The maximum atomic E-state index is 10.4. The molecule has 0 aromatic carbocycles. The van der Waals surface area contributed by atoms with Gasteiger partial charge in [-0.2, -0.15) is 0 Å². The van der Waals surface area contributed by atoms with Crippen molar-refractivity contribution < 1.29 is 4.79 Å². The van der Waals surface area contributed by atoms with Crippen LogP contribution in [0.5, 0.6) is 0 Å². The van der Waals surface area contributed by atoms with Crippen LogP contribution in [0.2, 0.25) is 0 Å². The summed E-state index contributed by atoms with van der Waals surface area (Å²) in [7, 11) is 6.39. The van der Waals surface area contributed by atoms with Crippen LogP contribution in [-0.4, -0.2) is 20.8 Å². The number of nitrogens with one attached hydrogen (secondary N) is 1. The van der Waals surface area contributed by atoms with Gasteiger partial charge in [-0.25, -0.2) is 0 Å². The minimum absolute atomic E-state index is 0.0347. The van der Waals surface area contributed by atoms with E-state index >= 15 is 0 Å². The quantitative estimate of drug-likeness (QED) is 0.325. The summed E-state index contributed by atoms with van der Waals surface area (Å²) < 4.78 is 0. The number of amides is 1. The molecule has 0 atom stereocenters. The Kier molecular flexibility index (Phi) is 2.76. The summed E-state index contributed by atoms with van der Waals surface area (Å²) in [5, 5.41) is 2.30. The lowest BCUT2D eigenvalue weighted by Gasteiger charge is -1.94. The molecular formula is C4H7BN2O. The molecule has 4 heteroatoms. The molecule has 0 bridgehead atoms. The first-order valence-electron chi connectivity index (χ1n) is 2.11. The number of nitrogens with two attached hydrogens (primary N) is 1. The zero-order valence-corrected chi connectivity index (χ0v) is 4.64. The van der Waals surface area contributed by atoms with E-state index in [0.717, 1.165) is 5.98 Å². The van der Waals surface area contributed by atoms with Crippen molar-refractivity contribution in [1.29, 1.82) is 0 Å². The first kappa shape index (κ1) is 7.07. The van der Waals surface area contributed by atoms with Crippen molar-refractivity contribution in [3.63, 3.8) is 0 Å². The van der Waals surface area contributed by atoms with Crippen molar-refractivity contribution >= 4 is 13.8 Å². The molecule has 0 saturated heterocycles. The van der Waals surface area contributed by atoms with E-state index in [-0.39, 0.29) is 11.6 Å². The fourth-order valence-electron chi connectivity index (χ4n) is 0.220. The number of carbonyl (C=O) groups is 1. The second-order valence-electron chi connectivity index (χ2n) is 1.20. The normalized spacial score (nSPS) is 10.9. The van der Waals surface area contributed by atoms with Crippen LogP contribution in [0, 0.1) is 0 Å². The van der Waals surface area contributed by atoms with Crippen molar-refractivity contribution in [3.05, 3.63) is 11.7 Å². The summed E-state index contributed by atoms with van der Waals surface area (Å²) in [5.41, 5.74) is 5.09. The molecule has 1 amide bonds. The average Bonchev–Trinajstić information content (AvgIpc) is 1.84. The highest BCUT2D eigenvalue weighted by Gasteiger charge is 1.95. The zero-order chi connectivity index (χ0) is 6.57. The first-order chi connectivity index (χ1) is 3.72. The molecule has 0 aromatic heterocycles. The summed E-state index contributed by atoms with van der Waals surface area (Å²) in [5.74, 6) is 0.700. The van der Waals surface area contributed by atoms with Crippen LogP contribution < -0.4 is 11.1 Å². The summed E-state index contributed by atoms with van der Waals surface area (Å²) in [6.45, 7) is 0. The fraction of sp³-hybridized carbons (Fsp3) is 0.250. The molecule has 8 heavy (non-hydrogen) atoms. The van der Waals surface area contributed by atoms with Crippen LogP contribution in [0.3, 0.4) is 0 Å². The van der Waals surface area contributed by atoms with Gasteiger partial charge in [0.15, 0.2) is 0 Å². The van der Waals surface area contributed by atoms with Crippen LogP contribution >= 0.6 is 0 Å². The van der Waals surface area contributed by atoms with Gasteiger partial charge in [0.2, 0.25) is 0 Å². The lowest BCUT2D eigenvalue weighted by Crippen LogP contribution is -2.24. The molecule has 0 aromatic rings. The Bertz CT molecular complexity index is 121. The third-order valence-corrected chi connectivity index (χ3v) is 0.669. The number of rotatable bonds is 1. The molecule has 0 unspecified atom stereocenters. The average molecular weight is 110 g/mol. The molecule has 0 saturated carbocycles. The summed E-state index contributed by atoms with van der Waals surface area (Å²) in [6.07, 6.45) is 0. The van der Waals surface area contributed by atoms with Gasteiger partial charge >= 0.3 is 0 Å². The van der Waals surface area contributed by atoms with E-state index in [4.69, 9.17) is 13.6 Å². The standard InChI is InChI=1S/C4H7BN2O/c1-7-4(8)3(6)2-5/h2H,6H2,1H3,(H,7,8)/b3-2-. The highest BCUT2D eigenvalue weighted by molar-refractivity contribution is 6.20. The molecule has 0 fully saturated rings. The Labute approximate surface area is 49.3 Å². The van der Waals surface area contributed by atoms with Gasteiger partial charge in [-0.05, 0) is 0 Å². The Morgan fingerprint density at radius 1 is 1.88 bits per heavy atom. The largest absolute Gasteiger partial charge is 0.395 e. The molecule has 3 nitrogen and oxygen atoms in total. The monoisotopic (exact) mass is 110 g/mol. The van der Waals surface area contributed by atoms with Crippen LogP contribution in [-0.2, 0) is 4.79 Å². The summed E-state index contributed by atoms with van der Waals surface area (Å²) >= 11 is 0. The van der Waals surface area contributed by atoms with Crippen molar-refractivity contribution in [2.24, 2.45) is 5.73 Å². The van der Waals surface area contributed by atoms with Gasteiger partial charge in [-0.3, -0.25) is 4.79 Å². The van der Waals surface area contributed by atoms with Crippen molar-refractivity contribution in [2.45, 2.75) is 0 Å². The van der Waals surface area contributed by atoms with Gasteiger partial charge in [-0.1, -0.05) is 0 Å². The number of likely N-dealkylation sites (N-methyl/N-ethyl adjacent to an activating group) is 1. The Morgan fingerprint density at radius 3 is 2.50 bits per heavy atom. The van der Waals surface area contributed by atoms with Gasteiger partial charge in [0.25, 0.3) is 5.91 Å². The van der Waals surface area contributed by atoms with E-state index in [1.807, 2.05) is 0 Å². The minimum Gasteiger partial charge on any atom is -0.395 e. The molecule has 0 aliphatic carbocycles. The van der Waals surface area contributed by atoms with Gasteiger partial charge in [-0.15, -0.1) is 5.98 Å². The van der Waals surface area contributed by atoms with Crippen LogP contribution in [0.4, 0.5) is 0 Å². The molecule has 0 aliphatic rings. The van der Waals surface area contributed by atoms with E-state index in [2.05, 4.69) is 5.32 Å². The zero-order valence-electron chi connectivity index (χ0n) is 4.64. The summed E-state index contributed by atoms with van der Waals surface area (Å²) in [4.78, 5) is 10.4. The molecule has 3 N–H and O–H groups in total. The van der Waals surface area contributed by atoms with Gasteiger partial charge in [0, 0.05) is 7.05 Å². The number of hydrogen-bond acceptors (Lipinski definition) is 2. The molecule has 42 valence electrons. The van der Waals surface area contributed by atoms with Gasteiger partial charge in [0.05, 0.1) is 5.70 Å². The highest BCUT2D eigenvalue weighted by Crippen LogP contribution is 1.76. The fourth-order valence-corrected chi connectivity index (χ4v) is 0.220. The predicted octanol–water partition coefficient (Wildman–Crippen LogP) is -1.30. The molecule has 0 spiro atoms. The summed E-state index contributed by atoms with van der Waals surface area (Å²) in [6, 6.07) is 0. The van der Waals surface area contributed by atoms with Gasteiger partial charge < -0.3 is 11.1 Å². The Morgan fingerprint density at radius 2 is 2.38 bits per heavy atom. The lowest BCUT2D eigenvalue weighted by molar-refractivity contribution is -0.117. The second-order valence-corrected chi connectivity index (χ2v) is 1.20. The smallest absolute Gasteiger partial charge is 0.265 e. The topological polar surface area (TPSA) is 55.1 Å². The third-order valence-electron chi connectivity index (χ3n) is 0.669. The minimum atomic E-state index is -0.354. The van der Waals surface area contributed by atoms with E-state index in [1.165, 1.54) is 7.05 Å². The molecule has 0 rings (SSSR count). The van der Waals surface area contributed by atoms with E-state index in [9.17, 15) is 4.79 Å². The SMILES string of the molecule is [B]/C=C(\N)C(=O)NC. The molecular weight excluding hydrogens is 103 g/mol. The maximum absolute atomic E-state index is 10.4. The highest BCUT2D eigenvalue weighted by atomic mass is 16.1.